The second-order valence-corrected chi connectivity index (χ2v) is 5.50. The summed E-state index contributed by atoms with van der Waals surface area (Å²) in [5, 5.41) is 0. The normalized spacial score (nSPS) is 29.2. The van der Waals surface area contributed by atoms with E-state index in [-0.39, 0.29) is 0 Å². The van der Waals surface area contributed by atoms with E-state index in [1.807, 2.05) is 0 Å². The van der Waals surface area contributed by atoms with Gasteiger partial charge in [-0.3, -0.25) is 0 Å². The average Bonchev–Trinajstić information content (AvgIpc) is 3.04. The molecular weight excluding hydrogens is 226 g/mol. The molecule has 2 atom stereocenters. The van der Waals surface area contributed by atoms with Crippen molar-refractivity contribution in [1.82, 2.24) is 4.90 Å². The first-order chi connectivity index (χ1) is 8.88. The Morgan fingerprint density at radius 1 is 1.28 bits per heavy atom. The van der Waals surface area contributed by atoms with E-state index in [4.69, 9.17) is 9.47 Å². The number of likely N-dealkylation sites (tertiary alicyclic amines) is 1. The first-order valence-electron chi connectivity index (χ1n) is 7.04. The van der Waals surface area contributed by atoms with Crippen LogP contribution in [-0.2, 0) is 6.42 Å². The molecule has 0 radical (unpaired) electrons. The maximum Gasteiger partial charge on any atom is 0.231 e. The van der Waals surface area contributed by atoms with Crippen LogP contribution in [0.25, 0.3) is 0 Å². The van der Waals surface area contributed by atoms with Crippen molar-refractivity contribution >= 4 is 0 Å². The van der Waals surface area contributed by atoms with E-state index in [1.54, 1.807) is 0 Å². The fraction of sp³-hybridized carbons (Fsp3) is 0.600. The molecule has 0 spiro atoms. The van der Waals surface area contributed by atoms with Gasteiger partial charge in [0.1, 0.15) is 0 Å². The summed E-state index contributed by atoms with van der Waals surface area (Å²) in [5.41, 5.74) is 2.94. The van der Waals surface area contributed by atoms with Crippen molar-refractivity contribution in [2.45, 2.75) is 38.1 Å². The van der Waals surface area contributed by atoms with Gasteiger partial charge in [0.05, 0.1) is 0 Å². The molecule has 0 saturated carbocycles. The van der Waals surface area contributed by atoms with Crippen molar-refractivity contribution in [3.8, 4) is 11.5 Å². The van der Waals surface area contributed by atoms with Crippen molar-refractivity contribution in [3.63, 3.8) is 0 Å². The second kappa shape index (κ2) is 3.89. The monoisotopic (exact) mass is 245 g/mol. The zero-order valence-corrected chi connectivity index (χ0v) is 10.8. The van der Waals surface area contributed by atoms with Gasteiger partial charge < -0.3 is 14.4 Å². The van der Waals surface area contributed by atoms with Crippen molar-refractivity contribution in [2.24, 2.45) is 0 Å². The van der Waals surface area contributed by atoms with Crippen LogP contribution in [0.1, 0.15) is 36.8 Å². The summed E-state index contributed by atoms with van der Waals surface area (Å²) in [6, 6.07) is 5.12. The second-order valence-electron chi connectivity index (χ2n) is 5.50. The fourth-order valence-electron chi connectivity index (χ4n) is 4.00. The Labute approximate surface area is 108 Å². The Morgan fingerprint density at radius 3 is 3.11 bits per heavy atom. The Hall–Kier alpha value is -1.22. The van der Waals surface area contributed by atoms with E-state index in [1.165, 1.54) is 37.1 Å². The van der Waals surface area contributed by atoms with Crippen molar-refractivity contribution in [1.29, 1.82) is 0 Å². The lowest BCUT2D eigenvalue weighted by molar-refractivity contribution is 0.172. The van der Waals surface area contributed by atoms with Gasteiger partial charge in [0, 0.05) is 17.5 Å². The lowest BCUT2D eigenvalue weighted by Gasteiger charge is -2.33. The minimum absolute atomic E-state index is 0.390. The Balaban J connectivity index is 1.77. The molecule has 1 aliphatic carbocycles. The molecular formula is C15H19NO2. The minimum Gasteiger partial charge on any atom is -0.454 e. The summed E-state index contributed by atoms with van der Waals surface area (Å²) in [6.45, 7) is 5.10. The molecule has 1 unspecified atom stereocenters. The molecule has 96 valence electrons. The predicted octanol–water partition coefficient (Wildman–Crippen LogP) is 2.54. The third-order valence-electron chi connectivity index (χ3n) is 4.83. The largest absolute Gasteiger partial charge is 0.454 e. The summed E-state index contributed by atoms with van der Waals surface area (Å²) < 4.78 is 11.1. The molecule has 4 rings (SSSR count). The standard InChI is InChI=1S/C15H19NO2/c1-2-16-8-7-11-10-4-6-14-15(18-9-17-14)12(10)3-5-13(11)16/h4,6,11,13H,2-3,5,7-9H2,1H3/t11-,13?/m0/s1. The van der Waals surface area contributed by atoms with Crippen LogP contribution in [-0.4, -0.2) is 30.8 Å². The molecule has 3 nitrogen and oxygen atoms in total. The smallest absolute Gasteiger partial charge is 0.231 e. The number of benzene rings is 1. The van der Waals surface area contributed by atoms with Crippen LogP contribution in [0.5, 0.6) is 11.5 Å². The molecule has 1 aromatic rings. The third-order valence-corrected chi connectivity index (χ3v) is 4.83. The molecule has 3 aliphatic rings. The van der Waals surface area contributed by atoms with Crippen LogP contribution in [0, 0.1) is 0 Å². The number of fused-ring (bicyclic) bond motifs is 5. The van der Waals surface area contributed by atoms with E-state index in [0.717, 1.165) is 24.0 Å². The Bertz CT molecular complexity index is 486. The zero-order chi connectivity index (χ0) is 12.1. The van der Waals surface area contributed by atoms with Gasteiger partial charge in [-0.25, -0.2) is 0 Å². The van der Waals surface area contributed by atoms with E-state index in [0.29, 0.717) is 12.7 Å². The summed E-state index contributed by atoms with van der Waals surface area (Å²) in [7, 11) is 0. The number of rotatable bonds is 1. The summed E-state index contributed by atoms with van der Waals surface area (Å²) >= 11 is 0. The van der Waals surface area contributed by atoms with E-state index in [2.05, 4.69) is 24.0 Å². The molecule has 0 aromatic heterocycles. The maximum atomic E-state index is 5.66. The molecule has 18 heavy (non-hydrogen) atoms. The summed E-state index contributed by atoms with van der Waals surface area (Å²) in [5.74, 6) is 2.68. The highest BCUT2D eigenvalue weighted by Gasteiger charge is 2.39. The summed E-state index contributed by atoms with van der Waals surface area (Å²) in [6.07, 6.45) is 3.70. The minimum atomic E-state index is 0.390. The van der Waals surface area contributed by atoms with Gasteiger partial charge in [-0.1, -0.05) is 13.0 Å². The first kappa shape index (κ1) is 10.7. The van der Waals surface area contributed by atoms with Gasteiger partial charge in [0.25, 0.3) is 0 Å². The van der Waals surface area contributed by atoms with Crippen LogP contribution in [0.3, 0.4) is 0 Å². The number of likely N-dealkylation sites (N-methyl/N-ethyl adjacent to an activating group) is 1. The number of hydrogen-bond donors (Lipinski definition) is 0. The van der Waals surface area contributed by atoms with Crippen LogP contribution in [0.2, 0.25) is 0 Å². The highest BCUT2D eigenvalue weighted by molar-refractivity contribution is 5.54. The van der Waals surface area contributed by atoms with E-state index in [9.17, 15) is 0 Å². The lowest BCUT2D eigenvalue weighted by Crippen LogP contribution is -2.34. The number of ether oxygens (including phenoxy) is 2. The predicted molar refractivity (Wildman–Crippen MR) is 69.3 cm³/mol. The molecule has 1 saturated heterocycles. The van der Waals surface area contributed by atoms with Gasteiger partial charge >= 0.3 is 0 Å². The van der Waals surface area contributed by atoms with Crippen molar-refractivity contribution in [2.75, 3.05) is 19.9 Å². The first-order valence-corrected chi connectivity index (χ1v) is 7.04. The zero-order valence-electron chi connectivity index (χ0n) is 10.8. The van der Waals surface area contributed by atoms with Crippen LogP contribution >= 0.6 is 0 Å². The van der Waals surface area contributed by atoms with E-state index < -0.39 is 0 Å². The van der Waals surface area contributed by atoms with Gasteiger partial charge in [-0.2, -0.15) is 0 Å². The van der Waals surface area contributed by atoms with Gasteiger partial charge in [0.2, 0.25) is 6.79 Å². The van der Waals surface area contributed by atoms with Gasteiger partial charge in [0.15, 0.2) is 11.5 Å². The van der Waals surface area contributed by atoms with Gasteiger partial charge in [-0.15, -0.1) is 0 Å². The molecule has 2 aliphatic heterocycles. The van der Waals surface area contributed by atoms with Crippen LogP contribution in [0.15, 0.2) is 12.1 Å². The SMILES string of the molecule is CCN1CC[C@H]2c3ccc4c(c3CCC21)OCO4. The molecule has 0 amide bonds. The van der Waals surface area contributed by atoms with Crippen LogP contribution in [0.4, 0.5) is 0 Å². The molecule has 3 heteroatoms. The highest BCUT2D eigenvalue weighted by Crippen LogP contribution is 2.48. The Morgan fingerprint density at radius 2 is 2.22 bits per heavy atom. The topological polar surface area (TPSA) is 21.7 Å². The van der Waals surface area contributed by atoms with Gasteiger partial charge in [-0.05, 0) is 44.0 Å². The molecule has 1 fully saturated rings. The van der Waals surface area contributed by atoms with Crippen LogP contribution < -0.4 is 9.47 Å². The van der Waals surface area contributed by atoms with E-state index >= 15 is 0 Å². The molecule has 0 N–H and O–H groups in total. The lowest BCUT2D eigenvalue weighted by atomic mass is 9.79. The fourth-order valence-corrected chi connectivity index (χ4v) is 4.00. The van der Waals surface area contributed by atoms with Crippen molar-refractivity contribution < 1.29 is 9.47 Å². The Kier molecular flexibility index (Phi) is 2.31. The van der Waals surface area contributed by atoms with Crippen molar-refractivity contribution in [3.05, 3.63) is 23.3 Å². The third kappa shape index (κ3) is 1.34. The molecule has 1 aromatic carbocycles. The number of hydrogen-bond acceptors (Lipinski definition) is 3. The highest BCUT2D eigenvalue weighted by atomic mass is 16.7. The molecule has 2 heterocycles. The molecule has 0 bridgehead atoms. The number of nitrogens with zero attached hydrogens (tertiary/aromatic N) is 1. The maximum absolute atomic E-state index is 5.66. The summed E-state index contributed by atoms with van der Waals surface area (Å²) in [4.78, 5) is 2.64. The average molecular weight is 245 g/mol. The quantitative estimate of drug-likeness (QED) is 0.759.